The van der Waals surface area contributed by atoms with Gasteiger partial charge in [-0.2, -0.15) is 0 Å². The van der Waals surface area contributed by atoms with Crippen LogP contribution in [0.4, 0.5) is 11.6 Å². The van der Waals surface area contributed by atoms with Crippen LogP contribution < -0.4 is 16.2 Å². The fourth-order valence-electron chi connectivity index (χ4n) is 2.15. The smallest absolute Gasteiger partial charge is 0.161 e. The Hall–Kier alpha value is -0.790. The molecule has 8 heteroatoms. The summed E-state index contributed by atoms with van der Waals surface area (Å²) in [6.07, 6.45) is -0.0411. The van der Waals surface area contributed by atoms with Gasteiger partial charge in [-0.15, -0.1) is 0 Å². The largest absolute Gasteiger partial charge is 0.377 e. The van der Waals surface area contributed by atoms with E-state index in [0.29, 0.717) is 34.8 Å². The maximum atomic E-state index is 6.18. The average Bonchev–Trinajstić information content (AvgIpc) is 2.82. The molecule has 2 heterocycles. The molecule has 0 radical (unpaired) electrons. The summed E-state index contributed by atoms with van der Waals surface area (Å²) in [5.74, 6) is 6.36. The molecule has 1 aliphatic rings. The van der Waals surface area contributed by atoms with E-state index in [1.54, 1.807) is 20.3 Å². The number of nitrogens with one attached hydrogen (secondary N) is 1. The molecular formula is C11H16Cl2N4O2. The fraction of sp³-hybridized carbons (Fsp3) is 0.545. The Morgan fingerprint density at radius 3 is 2.32 bits per heavy atom. The summed E-state index contributed by atoms with van der Waals surface area (Å²) in [6.45, 7) is 1.29. The monoisotopic (exact) mass is 306 g/mol. The summed E-state index contributed by atoms with van der Waals surface area (Å²) in [5.41, 5.74) is 2.45. The van der Waals surface area contributed by atoms with Crippen LogP contribution in [0, 0.1) is 0 Å². The van der Waals surface area contributed by atoms with Gasteiger partial charge in [0.2, 0.25) is 0 Å². The van der Waals surface area contributed by atoms with Gasteiger partial charge in [-0.1, -0.05) is 23.2 Å². The minimum absolute atomic E-state index is 0.0205. The number of hydrogen-bond acceptors (Lipinski definition) is 6. The Morgan fingerprint density at radius 1 is 1.26 bits per heavy atom. The van der Waals surface area contributed by atoms with Crippen molar-refractivity contribution in [3.05, 3.63) is 16.1 Å². The van der Waals surface area contributed by atoms with Crippen molar-refractivity contribution in [1.29, 1.82) is 0 Å². The molecule has 2 rings (SSSR count). The molecule has 1 fully saturated rings. The highest BCUT2D eigenvalue weighted by molar-refractivity contribution is 6.37. The van der Waals surface area contributed by atoms with Gasteiger partial charge in [0.15, 0.2) is 5.82 Å². The van der Waals surface area contributed by atoms with Crippen LogP contribution in [0.25, 0.3) is 0 Å². The summed E-state index contributed by atoms with van der Waals surface area (Å²) in [5, 5.41) is 0.845. The lowest BCUT2D eigenvalue weighted by atomic mass is 10.3. The van der Waals surface area contributed by atoms with Crippen molar-refractivity contribution in [2.75, 3.05) is 37.6 Å². The second-order valence-corrected chi connectivity index (χ2v) is 5.04. The topological polar surface area (TPSA) is 72.6 Å². The number of ether oxygens (including phenoxy) is 2. The maximum Gasteiger partial charge on any atom is 0.161 e. The highest BCUT2D eigenvalue weighted by Crippen LogP contribution is 2.33. The second-order valence-electron chi connectivity index (χ2n) is 4.22. The Labute approximate surface area is 121 Å². The molecule has 6 nitrogen and oxygen atoms in total. The van der Waals surface area contributed by atoms with E-state index in [-0.39, 0.29) is 12.2 Å². The molecule has 2 unspecified atom stereocenters. The van der Waals surface area contributed by atoms with Crippen molar-refractivity contribution < 1.29 is 9.47 Å². The zero-order valence-electron chi connectivity index (χ0n) is 10.7. The number of nitrogens with zero attached hydrogens (tertiary/aromatic N) is 2. The van der Waals surface area contributed by atoms with Gasteiger partial charge in [0, 0.05) is 27.3 Å². The zero-order chi connectivity index (χ0) is 14.0. The van der Waals surface area contributed by atoms with Crippen molar-refractivity contribution >= 4 is 34.8 Å². The van der Waals surface area contributed by atoms with Gasteiger partial charge >= 0.3 is 0 Å². The molecule has 19 heavy (non-hydrogen) atoms. The van der Waals surface area contributed by atoms with Crippen LogP contribution in [0.5, 0.6) is 0 Å². The van der Waals surface area contributed by atoms with Gasteiger partial charge in [0.25, 0.3) is 0 Å². The summed E-state index contributed by atoms with van der Waals surface area (Å²) >= 11 is 12.1. The first kappa shape index (κ1) is 14.6. The maximum absolute atomic E-state index is 6.18. The number of nitrogens with two attached hydrogens (primary N) is 1. The first-order valence-corrected chi connectivity index (χ1v) is 6.49. The number of nitrogen functional groups attached to an aromatic ring is 1. The van der Waals surface area contributed by atoms with E-state index in [4.69, 9.17) is 38.5 Å². The third-order valence-electron chi connectivity index (χ3n) is 3.17. The summed E-state index contributed by atoms with van der Waals surface area (Å²) in [7, 11) is 3.31. The van der Waals surface area contributed by atoms with Crippen LogP contribution >= 0.6 is 23.2 Å². The highest BCUT2D eigenvalue weighted by Gasteiger charge is 2.34. The Bertz CT molecular complexity index is 449. The molecule has 0 amide bonds. The molecule has 3 N–H and O–H groups in total. The lowest BCUT2D eigenvalue weighted by Crippen LogP contribution is -2.27. The van der Waals surface area contributed by atoms with Crippen LogP contribution in [0.3, 0.4) is 0 Å². The number of halogens is 2. The molecule has 2 atom stereocenters. The van der Waals surface area contributed by atoms with E-state index in [0.717, 1.165) is 0 Å². The van der Waals surface area contributed by atoms with Crippen molar-refractivity contribution in [1.82, 2.24) is 4.98 Å². The van der Waals surface area contributed by atoms with Crippen LogP contribution in [0.2, 0.25) is 10.0 Å². The fourth-order valence-corrected chi connectivity index (χ4v) is 2.68. The Kier molecular flexibility index (Phi) is 4.70. The van der Waals surface area contributed by atoms with E-state index < -0.39 is 0 Å². The van der Waals surface area contributed by atoms with Crippen LogP contribution in [0.1, 0.15) is 0 Å². The van der Waals surface area contributed by atoms with E-state index in [1.165, 1.54) is 0 Å². The van der Waals surface area contributed by atoms with Crippen molar-refractivity contribution in [3.8, 4) is 0 Å². The first-order chi connectivity index (χ1) is 9.10. The molecule has 0 aliphatic carbocycles. The van der Waals surface area contributed by atoms with E-state index in [9.17, 15) is 0 Å². The minimum Gasteiger partial charge on any atom is -0.377 e. The Balaban J connectivity index is 2.28. The van der Waals surface area contributed by atoms with Gasteiger partial charge in [0.05, 0.1) is 10.0 Å². The van der Waals surface area contributed by atoms with Gasteiger partial charge in [-0.05, 0) is 6.07 Å². The van der Waals surface area contributed by atoms with Crippen LogP contribution in [-0.4, -0.2) is 44.5 Å². The average molecular weight is 307 g/mol. The number of rotatable bonds is 4. The lowest BCUT2D eigenvalue weighted by Gasteiger charge is -2.19. The second kappa shape index (κ2) is 6.11. The molecule has 0 bridgehead atoms. The third kappa shape index (κ3) is 2.88. The zero-order valence-corrected chi connectivity index (χ0v) is 12.2. The summed E-state index contributed by atoms with van der Waals surface area (Å²) in [6, 6.07) is 1.61. The SMILES string of the molecule is COC1CN(c2nc(NN)c(Cl)cc2Cl)CC1OC. The van der Waals surface area contributed by atoms with Gasteiger partial charge in [-0.3, -0.25) is 0 Å². The molecule has 0 spiro atoms. The lowest BCUT2D eigenvalue weighted by molar-refractivity contribution is -0.00461. The minimum atomic E-state index is -0.0205. The van der Waals surface area contributed by atoms with Crippen molar-refractivity contribution in [2.24, 2.45) is 5.84 Å². The predicted molar refractivity (Wildman–Crippen MR) is 75.9 cm³/mol. The van der Waals surface area contributed by atoms with E-state index in [1.807, 2.05) is 4.90 Å². The summed E-state index contributed by atoms with van der Waals surface area (Å²) in [4.78, 5) is 6.31. The molecule has 1 aliphatic heterocycles. The first-order valence-electron chi connectivity index (χ1n) is 5.73. The molecule has 0 saturated carbocycles. The van der Waals surface area contributed by atoms with Gasteiger partial charge < -0.3 is 19.8 Å². The number of methoxy groups -OCH3 is 2. The predicted octanol–water partition coefficient (Wildman–Crippen LogP) is 1.52. The number of pyridine rings is 1. The number of anilines is 2. The van der Waals surface area contributed by atoms with Crippen LogP contribution in [0.15, 0.2) is 6.07 Å². The highest BCUT2D eigenvalue weighted by atomic mass is 35.5. The number of hydrogen-bond donors (Lipinski definition) is 2. The molecule has 1 aromatic rings. The third-order valence-corrected chi connectivity index (χ3v) is 3.73. The molecule has 0 aromatic carbocycles. The molecular weight excluding hydrogens is 291 g/mol. The van der Waals surface area contributed by atoms with Crippen molar-refractivity contribution in [2.45, 2.75) is 12.2 Å². The standard InChI is InChI=1S/C11H16Cl2N4O2/c1-18-8-4-17(5-9(8)19-2)11-7(13)3-6(12)10(15-11)16-14/h3,8-9H,4-5,14H2,1-2H3,(H,15,16). The van der Waals surface area contributed by atoms with Gasteiger partial charge in [-0.25, -0.2) is 10.8 Å². The van der Waals surface area contributed by atoms with E-state index >= 15 is 0 Å². The normalized spacial score (nSPS) is 22.9. The molecule has 106 valence electrons. The quantitative estimate of drug-likeness (QED) is 0.649. The summed E-state index contributed by atoms with van der Waals surface area (Å²) < 4.78 is 10.8. The number of aromatic nitrogens is 1. The van der Waals surface area contributed by atoms with Crippen LogP contribution in [-0.2, 0) is 9.47 Å². The van der Waals surface area contributed by atoms with E-state index in [2.05, 4.69) is 10.4 Å². The Morgan fingerprint density at radius 2 is 1.84 bits per heavy atom. The molecule has 1 saturated heterocycles. The number of hydrazine groups is 1. The van der Waals surface area contributed by atoms with Gasteiger partial charge in [0.1, 0.15) is 18.0 Å². The van der Waals surface area contributed by atoms with Crippen molar-refractivity contribution in [3.63, 3.8) is 0 Å². The molecule has 1 aromatic heterocycles.